The molecular formula is C33H36N4O10. The van der Waals surface area contributed by atoms with E-state index in [1.54, 1.807) is 50.4 Å². The van der Waals surface area contributed by atoms with Crippen molar-refractivity contribution >= 4 is 18.2 Å². The minimum atomic E-state index is -1.16. The van der Waals surface area contributed by atoms with Gasteiger partial charge in [0.25, 0.3) is 0 Å². The summed E-state index contributed by atoms with van der Waals surface area (Å²) in [5.41, 5.74) is 5.48. The normalized spacial score (nSPS) is 15.9. The molecular weight excluding hydrogens is 612 g/mol. The summed E-state index contributed by atoms with van der Waals surface area (Å²) in [6.07, 6.45) is 0.363. The number of urea groups is 1. The Kier molecular flexibility index (Phi) is 10.5. The van der Waals surface area contributed by atoms with Crippen molar-refractivity contribution in [1.82, 2.24) is 16.1 Å². The van der Waals surface area contributed by atoms with Crippen LogP contribution >= 0.6 is 0 Å². The van der Waals surface area contributed by atoms with Gasteiger partial charge in [0.15, 0.2) is 40.7 Å². The zero-order valence-corrected chi connectivity index (χ0v) is 26.3. The Labute approximate surface area is 271 Å². The lowest BCUT2D eigenvalue weighted by Gasteiger charge is -2.28. The fourth-order valence-corrected chi connectivity index (χ4v) is 4.90. The van der Waals surface area contributed by atoms with Crippen molar-refractivity contribution in [2.45, 2.75) is 32.7 Å². The molecule has 0 radical (unpaired) electrons. The predicted octanol–water partition coefficient (Wildman–Crippen LogP) is 3.52. The summed E-state index contributed by atoms with van der Waals surface area (Å²) >= 11 is 0. The summed E-state index contributed by atoms with van der Waals surface area (Å²) in [4.78, 5) is 24.6. The molecule has 0 bridgehead atoms. The minimum Gasteiger partial charge on any atom is -0.493 e. The van der Waals surface area contributed by atoms with Gasteiger partial charge < -0.3 is 48.9 Å². The molecule has 2 atom stereocenters. The number of aliphatic hydroxyl groups excluding tert-OH is 1. The molecule has 2 aliphatic rings. The smallest absolute Gasteiger partial charge is 0.337 e. The van der Waals surface area contributed by atoms with Crippen LogP contribution in [-0.2, 0) is 16.1 Å². The molecule has 0 spiro atoms. The highest BCUT2D eigenvalue weighted by atomic mass is 16.7. The molecule has 2 heterocycles. The molecule has 0 saturated carbocycles. The van der Waals surface area contributed by atoms with Gasteiger partial charge in [-0.25, -0.2) is 9.59 Å². The second kappa shape index (κ2) is 15.1. The number of nitrogens with one attached hydrogen (secondary N) is 3. The fourth-order valence-electron chi connectivity index (χ4n) is 4.90. The number of rotatable bonds is 14. The summed E-state index contributed by atoms with van der Waals surface area (Å²) in [5, 5.41) is 19.9. The molecule has 4 N–H and O–H groups in total. The second-order valence-corrected chi connectivity index (χ2v) is 10.3. The third kappa shape index (κ3) is 7.97. The van der Waals surface area contributed by atoms with Gasteiger partial charge in [0.05, 0.1) is 38.7 Å². The minimum absolute atomic E-state index is 0.163. The number of benzene rings is 3. The van der Waals surface area contributed by atoms with Crippen molar-refractivity contribution in [2.24, 2.45) is 5.10 Å². The van der Waals surface area contributed by atoms with Gasteiger partial charge in [-0.3, -0.25) is 5.43 Å². The highest BCUT2D eigenvalue weighted by Gasteiger charge is 2.32. The number of hydrazone groups is 1. The van der Waals surface area contributed by atoms with Crippen LogP contribution in [0.5, 0.6) is 34.5 Å². The molecule has 0 aliphatic carbocycles. The third-order valence-electron chi connectivity index (χ3n) is 7.13. The number of fused-ring (bicyclic) bond motifs is 1. The number of carbonyl (C=O) groups is 2. The summed E-state index contributed by atoms with van der Waals surface area (Å²) in [7, 11) is 2.82. The largest absolute Gasteiger partial charge is 0.493 e. The van der Waals surface area contributed by atoms with Crippen molar-refractivity contribution in [2.75, 3.05) is 34.2 Å². The highest BCUT2D eigenvalue weighted by molar-refractivity contribution is 5.95. The average Bonchev–Trinajstić information content (AvgIpc) is 3.54. The SMILES string of the molecule is CCOc1cc([C@H]2NC(=O)NC(C)=C2C(=O)OC)ccc1OC[C@H](O)N/N=C\c1ccc(OCc2ccc3c(c2)OCO3)c(OC)c1. The van der Waals surface area contributed by atoms with E-state index in [2.05, 4.69) is 21.2 Å². The van der Waals surface area contributed by atoms with E-state index in [1.165, 1.54) is 13.3 Å². The van der Waals surface area contributed by atoms with E-state index in [4.69, 9.17) is 33.2 Å². The Morgan fingerprint density at radius 3 is 2.60 bits per heavy atom. The highest BCUT2D eigenvalue weighted by Crippen LogP contribution is 2.36. The van der Waals surface area contributed by atoms with Crippen LogP contribution in [0.15, 0.2) is 71.0 Å². The lowest BCUT2D eigenvalue weighted by Crippen LogP contribution is -2.45. The number of hydrogen-bond donors (Lipinski definition) is 4. The van der Waals surface area contributed by atoms with E-state index < -0.39 is 24.3 Å². The molecule has 3 aromatic rings. The number of ether oxygens (including phenoxy) is 7. The van der Waals surface area contributed by atoms with Crippen LogP contribution in [-0.4, -0.2) is 63.8 Å². The number of hydrogen-bond acceptors (Lipinski definition) is 12. The topological polar surface area (TPSA) is 167 Å². The molecule has 0 fully saturated rings. The standard InChI is InChI=1S/C33H36N4O10/c1-5-43-28-14-22(31-30(32(39)42-4)19(2)35-33(40)36-31)8-11-24(28)45-17-29(38)37-34-15-20-6-9-23(26(12-20)41-3)44-16-21-7-10-25-27(13-21)47-18-46-25/h6-15,29,31,37-38H,5,16-18H2,1-4H3,(H2,35,36,40)/b34-15-/t29-,31+/m0/s1. The molecule has 14 nitrogen and oxygen atoms in total. The zero-order valence-electron chi connectivity index (χ0n) is 26.3. The Morgan fingerprint density at radius 1 is 1.02 bits per heavy atom. The van der Waals surface area contributed by atoms with Gasteiger partial charge in [-0.2, -0.15) is 5.10 Å². The number of amides is 2. The Hall–Kier alpha value is -5.63. The van der Waals surface area contributed by atoms with E-state index in [9.17, 15) is 14.7 Å². The molecule has 0 aromatic heterocycles. The molecule has 47 heavy (non-hydrogen) atoms. The van der Waals surface area contributed by atoms with Crippen molar-refractivity contribution in [3.63, 3.8) is 0 Å². The maximum absolute atomic E-state index is 12.5. The van der Waals surface area contributed by atoms with Crippen LogP contribution in [0.1, 0.15) is 36.6 Å². The Bertz CT molecular complexity index is 1680. The number of esters is 1. The molecule has 248 valence electrons. The van der Waals surface area contributed by atoms with Crippen LogP contribution in [0.4, 0.5) is 4.79 Å². The van der Waals surface area contributed by atoms with Crippen molar-refractivity contribution in [3.05, 3.63) is 82.6 Å². The molecule has 3 aromatic carbocycles. The summed E-state index contributed by atoms with van der Waals surface area (Å²) < 4.78 is 38.7. The van der Waals surface area contributed by atoms with Crippen molar-refractivity contribution in [3.8, 4) is 34.5 Å². The van der Waals surface area contributed by atoms with E-state index in [1.807, 2.05) is 25.1 Å². The van der Waals surface area contributed by atoms with Gasteiger partial charge in [-0.05, 0) is 73.0 Å². The average molecular weight is 649 g/mol. The van der Waals surface area contributed by atoms with Crippen molar-refractivity contribution < 1.29 is 47.9 Å². The number of carbonyl (C=O) groups excluding carboxylic acids is 2. The number of aliphatic hydroxyl groups is 1. The quantitative estimate of drug-likeness (QED) is 0.0874. The zero-order chi connectivity index (χ0) is 33.3. The monoisotopic (exact) mass is 648 g/mol. The molecule has 2 amide bonds. The van der Waals surface area contributed by atoms with Gasteiger partial charge in [0, 0.05) is 5.70 Å². The maximum atomic E-state index is 12.5. The lowest BCUT2D eigenvalue weighted by atomic mass is 9.95. The van der Waals surface area contributed by atoms with Crippen LogP contribution in [0.2, 0.25) is 0 Å². The van der Waals surface area contributed by atoms with Crippen LogP contribution < -0.4 is 44.5 Å². The third-order valence-corrected chi connectivity index (χ3v) is 7.13. The van der Waals surface area contributed by atoms with Crippen LogP contribution in [0, 0.1) is 0 Å². The van der Waals surface area contributed by atoms with Crippen LogP contribution in [0.3, 0.4) is 0 Å². The van der Waals surface area contributed by atoms with Gasteiger partial charge in [0.1, 0.15) is 13.2 Å². The first-order valence-electron chi connectivity index (χ1n) is 14.7. The van der Waals surface area contributed by atoms with E-state index in [0.717, 1.165) is 5.56 Å². The summed E-state index contributed by atoms with van der Waals surface area (Å²) in [6, 6.07) is 14.7. The van der Waals surface area contributed by atoms with Crippen molar-refractivity contribution in [1.29, 1.82) is 0 Å². The first-order valence-corrected chi connectivity index (χ1v) is 14.7. The van der Waals surface area contributed by atoms with E-state index in [0.29, 0.717) is 64.5 Å². The Morgan fingerprint density at radius 2 is 1.81 bits per heavy atom. The predicted molar refractivity (Wildman–Crippen MR) is 169 cm³/mol. The molecule has 0 unspecified atom stereocenters. The molecule has 14 heteroatoms. The maximum Gasteiger partial charge on any atom is 0.337 e. The second-order valence-electron chi connectivity index (χ2n) is 10.3. The fraction of sp³-hybridized carbons (Fsp3) is 0.303. The first kappa shape index (κ1) is 32.8. The molecule has 5 rings (SSSR count). The summed E-state index contributed by atoms with van der Waals surface area (Å²) in [6.45, 7) is 4.11. The van der Waals surface area contributed by atoms with E-state index in [-0.39, 0.29) is 19.0 Å². The molecule has 2 aliphatic heterocycles. The van der Waals surface area contributed by atoms with Gasteiger partial charge in [-0.15, -0.1) is 0 Å². The van der Waals surface area contributed by atoms with Gasteiger partial charge >= 0.3 is 12.0 Å². The van der Waals surface area contributed by atoms with E-state index >= 15 is 0 Å². The lowest BCUT2D eigenvalue weighted by molar-refractivity contribution is -0.136. The molecule has 0 saturated heterocycles. The van der Waals surface area contributed by atoms with Crippen LogP contribution in [0.25, 0.3) is 0 Å². The van der Waals surface area contributed by atoms with Gasteiger partial charge in [-0.1, -0.05) is 12.1 Å². The number of allylic oxidation sites excluding steroid dienone is 1. The first-order chi connectivity index (χ1) is 22.8. The number of nitrogens with zero attached hydrogens (tertiary/aromatic N) is 1. The Balaban J connectivity index is 1.17. The van der Waals surface area contributed by atoms with Gasteiger partial charge in [0.2, 0.25) is 6.79 Å². The summed E-state index contributed by atoms with van der Waals surface area (Å²) in [5.74, 6) is 2.59. The number of methoxy groups -OCH3 is 2.